The zero-order chi connectivity index (χ0) is 13.9. The molecule has 3 heteroatoms. The van der Waals surface area contributed by atoms with Crippen molar-refractivity contribution in [3.8, 4) is 5.75 Å². The molecule has 1 nitrogen and oxygen atoms in total. The average Bonchev–Trinajstić information content (AvgIpc) is 2.62. The first-order valence-corrected chi connectivity index (χ1v) is 8.48. The molecule has 1 aliphatic heterocycles. The van der Waals surface area contributed by atoms with E-state index in [9.17, 15) is 0 Å². The van der Waals surface area contributed by atoms with Crippen LogP contribution in [-0.2, 0) is 6.61 Å². The van der Waals surface area contributed by atoms with Gasteiger partial charge in [0.05, 0.1) is 0 Å². The number of hydrogen-bond donors (Lipinski definition) is 0. The summed E-state index contributed by atoms with van der Waals surface area (Å²) in [5, 5.41) is 0.964. The van der Waals surface area contributed by atoms with Crippen molar-refractivity contribution in [2.45, 2.75) is 13.0 Å². The van der Waals surface area contributed by atoms with Gasteiger partial charge in [0.15, 0.2) is 0 Å². The van der Waals surface area contributed by atoms with Gasteiger partial charge in [0.2, 0.25) is 0 Å². The van der Waals surface area contributed by atoms with Crippen molar-refractivity contribution in [2.24, 2.45) is 0 Å². The van der Waals surface area contributed by atoms with Crippen LogP contribution >= 0.6 is 31.9 Å². The SMILES string of the molecule is BrCC/C=C1\c2ccccc2COc2cc(Br)ccc21. The Morgan fingerprint density at radius 2 is 1.95 bits per heavy atom. The molecule has 0 atom stereocenters. The van der Waals surface area contributed by atoms with Crippen LogP contribution in [0.3, 0.4) is 0 Å². The molecule has 0 unspecified atom stereocenters. The Morgan fingerprint density at radius 1 is 1.10 bits per heavy atom. The van der Waals surface area contributed by atoms with Crippen LogP contribution in [0.25, 0.3) is 5.57 Å². The quantitative estimate of drug-likeness (QED) is 0.607. The first-order valence-electron chi connectivity index (χ1n) is 6.56. The molecule has 1 heterocycles. The maximum Gasteiger partial charge on any atom is 0.128 e. The van der Waals surface area contributed by atoms with E-state index in [1.165, 1.54) is 22.3 Å². The van der Waals surface area contributed by atoms with Gasteiger partial charge in [-0.2, -0.15) is 0 Å². The van der Waals surface area contributed by atoms with Gasteiger partial charge in [-0.25, -0.2) is 0 Å². The lowest BCUT2D eigenvalue weighted by Gasteiger charge is -2.10. The van der Waals surface area contributed by atoms with E-state index in [1.807, 2.05) is 6.07 Å². The third kappa shape index (κ3) is 2.70. The van der Waals surface area contributed by atoms with Crippen molar-refractivity contribution in [3.05, 3.63) is 69.7 Å². The Labute approximate surface area is 135 Å². The second-order valence-electron chi connectivity index (χ2n) is 4.68. The molecule has 0 amide bonds. The van der Waals surface area contributed by atoms with Gasteiger partial charge in [-0.15, -0.1) is 0 Å². The highest BCUT2D eigenvalue weighted by molar-refractivity contribution is 9.10. The lowest BCUT2D eigenvalue weighted by molar-refractivity contribution is 0.307. The molecular formula is C17H14Br2O. The number of rotatable bonds is 2. The van der Waals surface area contributed by atoms with Crippen molar-refractivity contribution in [1.82, 2.24) is 0 Å². The van der Waals surface area contributed by atoms with Gasteiger partial charge in [-0.3, -0.25) is 0 Å². The molecule has 0 aromatic heterocycles. The number of benzene rings is 2. The molecule has 0 spiro atoms. The van der Waals surface area contributed by atoms with Crippen molar-refractivity contribution in [1.29, 1.82) is 0 Å². The third-order valence-electron chi connectivity index (χ3n) is 3.38. The summed E-state index contributed by atoms with van der Waals surface area (Å²) in [5.41, 5.74) is 4.94. The summed E-state index contributed by atoms with van der Waals surface area (Å²) in [4.78, 5) is 0. The number of alkyl halides is 1. The molecule has 0 saturated heterocycles. The monoisotopic (exact) mass is 392 g/mol. The fraction of sp³-hybridized carbons (Fsp3) is 0.176. The number of hydrogen-bond acceptors (Lipinski definition) is 1. The number of halogens is 2. The zero-order valence-electron chi connectivity index (χ0n) is 10.9. The van der Waals surface area contributed by atoms with Crippen LogP contribution in [0.5, 0.6) is 5.75 Å². The molecule has 102 valence electrons. The Kier molecular flexibility index (Phi) is 4.27. The van der Waals surface area contributed by atoms with Crippen molar-refractivity contribution >= 4 is 37.4 Å². The van der Waals surface area contributed by atoms with Gasteiger partial charge >= 0.3 is 0 Å². The minimum absolute atomic E-state index is 0.616. The summed E-state index contributed by atoms with van der Waals surface area (Å²) < 4.78 is 7.03. The molecule has 2 aromatic carbocycles. The summed E-state index contributed by atoms with van der Waals surface area (Å²) in [7, 11) is 0. The molecule has 0 radical (unpaired) electrons. The maximum absolute atomic E-state index is 5.98. The lowest BCUT2D eigenvalue weighted by Crippen LogP contribution is -1.94. The first kappa shape index (κ1) is 13.9. The topological polar surface area (TPSA) is 9.23 Å². The molecule has 20 heavy (non-hydrogen) atoms. The van der Waals surface area contributed by atoms with Crippen LogP contribution in [0.4, 0.5) is 0 Å². The standard InChI is InChI=1S/C17H14Br2O/c18-9-3-6-15-14-5-2-1-4-12(14)11-20-17-10-13(19)7-8-16(15)17/h1-2,4-8,10H,3,9,11H2/b15-6+. The first-order chi connectivity index (χ1) is 9.79. The van der Waals surface area contributed by atoms with E-state index in [2.05, 4.69) is 74.3 Å². The molecule has 0 aliphatic carbocycles. The Morgan fingerprint density at radius 3 is 2.80 bits per heavy atom. The third-order valence-corrected chi connectivity index (χ3v) is 4.33. The Bertz CT molecular complexity index is 662. The fourth-order valence-electron chi connectivity index (χ4n) is 2.47. The summed E-state index contributed by atoms with van der Waals surface area (Å²) in [6.07, 6.45) is 3.29. The van der Waals surface area contributed by atoms with Gasteiger partial charge < -0.3 is 4.74 Å². The van der Waals surface area contributed by atoms with Crippen LogP contribution in [-0.4, -0.2) is 5.33 Å². The summed E-state index contributed by atoms with van der Waals surface area (Å²) in [6.45, 7) is 0.616. The Balaban J connectivity index is 2.19. The van der Waals surface area contributed by atoms with Crippen LogP contribution < -0.4 is 4.74 Å². The van der Waals surface area contributed by atoms with E-state index in [1.54, 1.807) is 0 Å². The van der Waals surface area contributed by atoms with E-state index >= 15 is 0 Å². The number of allylic oxidation sites excluding steroid dienone is 1. The second kappa shape index (κ2) is 6.15. The van der Waals surface area contributed by atoms with Crippen molar-refractivity contribution in [2.75, 3.05) is 5.33 Å². The van der Waals surface area contributed by atoms with Crippen LogP contribution in [0.15, 0.2) is 53.0 Å². The van der Waals surface area contributed by atoms with Crippen LogP contribution in [0, 0.1) is 0 Å². The maximum atomic E-state index is 5.98. The predicted molar refractivity (Wildman–Crippen MR) is 90.4 cm³/mol. The largest absolute Gasteiger partial charge is 0.488 e. The predicted octanol–water partition coefficient (Wildman–Crippen LogP) is 5.56. The van der Waals surface area contributed by atoms with Gasteiger partial charge in [-0.1, -0.05) is 62.2 Å². The highest BCUT2D eigenvalue weighted by Crippen LogP contribution is 2.38. The summed E-state index contributed by atoms with van der Waals surface area (Å²) in [5.74, 6) is 0.941. The molecule has 0 N–H and O–H groups in total. The average molecular weight is 394 g/mol. The molecule has 3 rings (SSSR count). The van der Waals surface area contributed by atoms with E-state index in [-0.39, 0.29) is 0 Å². The second-order valence-corrected chi connectivity index (χ2v) is 6.39. The number of fused-ring (bicyclic) bond motifs is 2. The minimum atomic E-state index is 0.616. The fourth-order valence-corrected chi connectivity index (χ4v) is 3.04. The van der Waals surface area contributed by atoms with E-state index < -0.39 is 0 Å². The van der Waals surface area contributed by atoms with E-state index in [4.69, 9.17) is 4.74 Å². The van der Waals surface area contributed by atoms with Gasteiger partial charge in [0.25, 0.3) is 0 Å². The van der Waals surface area contributed by atoms with Gasteiger partial charge in [0, 0.05) is 15.4 Å². The number of ether oxygens (including phenoxy) is 1. The molecule has 1 aliphatic rings. The van der Waals surface area contributed by atoms with Gasteiger partial charge in [0.1, 0.15) is 12.4 Å². The molecule has 0 bridgehead atoms. The van der Waals surface area contributed by atoms with Crippen LogP contribution in [0.2, 0.25) is 0 Å². The molecular weight excluding hydrogens is 380 g/mol. The normalized spacial score (nSPS) is 15.2. The Hall–Kier alpha value is -1.06. The van der Waals surface area contributed by atoms with Gasteiger partial charge in [-0.05, 0) is 41.3 Å². The molecule has 0 saturated carbocycles. The lowest BCUT2D eigenvalue weighted by atomic mass is 9.94. The van der Waals surface area contributed by atoms with E-state index in [0.29, 0.717) is 6.61 Å². The zero-order valence-corrected chi connectivity index (χ0v) is 14.1. The highest BCUT2D eigenvalue weighted by Gasteiger charge is 2.18. The molecule has 2 aromatic rings. The van der Waals surface area contributed by atoms with E-state index in [0.717, 1.165) is 22.0 Å². The van der Waals surface area contributed by atoms with Crippen LogP contribution in [0.1, 0.15) is 23.1 Å². The highest BCUT2D eigenvalue weighted by atomic mass is 79.9. The smallest absolute Gasteiger partial charge is 0.128 e. The summed E-state index contributed by atoms with van der Waals surface area (Å²) >= 11 is 7.02. The minimum Gasteiger partial charge on any atom is -0.488 e. The summed E-state index contributed by atoms with van der Waals surface area (Å²) in [6, 6.07) is 14.7. The van der Waals surface area contributed by atoms with Crippen molar-refractivity contribution in [3.63, 3.8) is 0 Å². The van der Waals surface area contributed by atoms with Crippen molar-refractivity contribution < 1.29 is 4.74 Å². The molecule has 0 fully saturated rings.